The van der Waals surface area contributed by atoms with Gasteiger partial charge in [-0.15, -0.1) is 11.3 Å². The van der Waals surface area contributed by atoms with Crippen molar-refractivity contribution in [2.24, 2.45) is 0 Å². The molecule has 2 rings (SSSR count). The molecule has 1 aromatic carbocycles. The Bertz CT molecular complexity index is 531. The Hall–Kier alpha value is -0.510. The summed E-state index contributed by atoms with van der Waals surface area (Å²) in [5.41, 5.74) is 3.90. The molecule has 0 saturated heterocycles. The Morgan fingerprint density at radius 3 is 2.78 bits per heavy atom. The Balaban J connectivity index is 2.15. The maximum absolute atomic E-state index is 6.04. The highest BCUT2D eigenvalue weighted by Gasteiger charge is 2.07. The minimum atomic E-state index is 0.812. The van der Waals surface area contributed by atoms with Crippen molar-refractivity contribution in [3.05, 3.63) is 49.1 Å². The lowest BCUT2D eigenvalue weighted by Gasteiger charge is -2.13. The molecular weight excluding hydrogens is 330 g/mol. The van der Waals surface area contributed by atoms with Crippen LogP contribution in [0, 0.1) is 6.92 Å². The molecule has 18 heavy (non-hydrogen) atoms. The first-order valence-electron chi connectivity index (χ1n) is 5.88. The van der Waals surface area contributed by atoms with E-state index in [0.717, 1.165) is 21.8 Å². The quantitative estimate of drug-likeness (QED) is 0.756. The van der Waals surface area contributed by atoms with E-state index in [2.05, 4.69) is 59.4 Å². The topological polar surface area (TPSA) is 12.0 Å². The summed E-state index contributed by atoms with van der Waals surface area (Å²) in [6.45, 7) is 5.13. The number of hydrogen-bond donors (Lipinski definition) is 1. The van der Waals surface area contributed by atoms with Gasteiger partial charge in [-0.3, -0.25) is 0 Å². The van der Waals surface area contributed by atoms with Crippen molar-refractivity contribution in [1.82, 2.24) is 0 Å². The molecule has 0 unspecified atom stereocenters. The van der Waals surface area contributed by atoms with Crippen LogP contribution < -0.4 is 5.32 Å². The standard InChI is InChI=1S/C14H15BrClNS/c1-3-10-6-4-5-9(2)13(10)17-8-11-7-12(15)14(16)18-11/h4-7,17H,3,8H2,1-2H3. The van der Waals surface area contributed by atoms with E-state index < -0.39 is 0 Å². The fourth-order valence-electron chi connectivity index (χ4n) is 1.93. The van der Waals surface area contributed by atoms with Crippen molar-refractivity contribution in [1.29, 1.82) is 0 Å². The molecule has 1 heterocycles. The predicted octanol–water partition coefficient (Wildman–Crippen LogP) is 5.65. The highest BCUT2D eigenvalue weighted by atomic mass is 79.9. The fraction of sp³-hybridized carbons (Fsp3) is 0.286. The first kappa shape index (κ1) is 13.9. The van der Waals surface area contributed by atoms with Crippen molar-refractivity contribution in [2.45, 2.75) is 26.8 Å². The van der Waals surface area contributed by atoms with Crippen LogP contribution in [-0.4, -0.2) is 0 Å². The SMILES string of the molecule is CCc1cccc(C)c1NCc1cc(Br)c(Cl)s1. The molecule has 0 spiro atoms. The van der Waals surface area contributed by atoms with Gasteiger partial charge in [0.25, 0.3) is 0 Å². The van der Waals surface area contributed by atoms with Gasteiger partial charge >= 0.3 is 0 Å². The van der Waals surface area contributed by atoms with Crippen LogP contribution >= 0.6 is 38.9 Å². The number of rotatable bonds is 4. The van der Waals surface area contributed by atoms with Gasteiger partial charge in [0, 0.05) is 21.6 Å². The van der Waals surface area contributed by atoms with E-state index in [1.807, 2.05) is 0 Å². The second kappa shape index (κ2) is 6.09. The number of nitrogens with one attached hydrogen (secondary N) is 1. The Labute approximate surface area is 125 Å². The number of benzene rings is 1. The summed E-state index contributed by atoms with van der Waals surface area (Å²) < 4.78 is 1.79. The highest BCUT2D eigenvalue weighted by molar-refractivity contribution is 9.10. The minimum Gasteiger partial charge on any atom is -0.380 e. The van der Waals surface area contributed by atoms with Crippen LogP contribution in [0.1, 0.15) is 22.9 Å². The van der Waals surface area contributed by atoms with Crippen molar-refractivity contribution in [3.8, 4) is 0 Å². The lowest BCUT2D eigenvalue weighted by atomic mass is 10.1. The first-order chi connectivity index (χ1) is 8.61. The average Bonchev–Trinajstić information content (AvgIpc) is 2.67. The Morgan fingerprint density at radius 2 is 2.17 bits per heavy atom. The maximum Gasteiger partial charge on any atom is 0.107 e. The highest BCUT2D eigenvalue weighted by Crippen LogP contribution is 2.32. The third-order valence-corrected chi connectivity index (χ3v) is 5.35. The zero-order chi connectivity index (χ0) is 13.1. The second-order valence-electron chi connectivity index (χ2n) is 4.15. The smallest absolute Gasteiger partial charge is 0.107 e. The summed E-state index contributed by atoms with van der Waals surface area (Å²) >= 11 is 11.1. The zero-order valence-corrected chi connectivity index (χ0v) is 13.5. The van der Waals surface area contributed by atoms with Crippen molar-refractivity contribution < 1.29 is 0 Å². The molecular formula is C14H15BrClNS. The molecule has 0 aliphatic heterocycles. The van der Waals surface area contributed by atoms with Gasteiger partial charge < -0.3 is 5.32 Å². The minimum absolute atomic E-state index is 0.812. The number of anilines is 1. The molecule has 96 valence electrons. The molecule has 0 amide bonds. The molecule has 0 fully saturated rings. The first-order valence-corrected chi connectivity index (χ1v) is 7.86. The third kappa shape index (κ3) is 3.08. The number of aryl methyl sites for hydroxylation is 2. The van der Waals surface area contributed by atoms with E-state index in [9.17, 15) is 0 Å². The van der Waals surface area contributed by atoms with Crippen molar-refractivity contribution >= 4 is 44.6 Å². The van der Waals surface area contributed by atoms with E-state index in [1.54, 1.807) is 11.3 Å². The zero-order valence-electron chi connectivity index (χ0n) is 10.4. The summed E-state index contributed by atoms with van der Waals surface area (Å²) in [5.74, 6) is 0. The van der Waals surface area contributed by atoms with Crippen LogP contribution in [0.2, 0.25) is 4.34 Å². The molecule has 0 radical (unpaired) electrons. The van der Waals surface area contributed by atoms with Gasteiger partial charge in [-0.1, -0.05) is 36.7 Å². The van der Waals surface area contributed by atoms with Gasteiger partial charge in [0.05, 0.1) is 0 Å². The fourth-order valence-corrected chi connectivity index (χ4v) is 3.66. The number of hydrogen-bond acceptors (Lipinski definition) is 2. The van der Waals surface area contributed by atoms with E-state index in [4.69, 9.17) is 11.6 Å². The monoisotopic (exact) mass is 343 g/mol. The van der Waals surface area contributed by atoms with Gasteiger partial charge in [-0.2, -0.15) is 0 Å². The third-order valence-electron chi connectivity index (χ3n) is 2.88. The van der Waals surface area contributed by atoms with Gasteiger partial charge in [-0.25, -0.2) is 0 Å². The predicted molar refractivity (Wildman–Crippen MR) is 84.9 cm³/mol. The molecule has 0 aliphatic carbocycles. The van der Waals surface area contributed by atoms with Gasteiger partial charge in [0.15, 0.2) is 0 Å². The summed E-state index contributed by atoms with van der Waals surface area (Å²) in [6.07, 6.45) is 1.04. The number of halogens is 2. The molecule has 0 atom stereocenters. The molecule has 0 bridgehead atoms. The summed E-state index contributed by atoms with van der Waals surface area (Å²) in [5, 5.41) is 3.52. The molecule has 4 heteroatoms. The van der Waals surface area contributed by atoms with E-state index in [-0.39, 0.29) is 0 Å². The van der Waals surface area contributed by atoms with Crippen LogP contribution in [0.25, 0.3) is 0 Å². The molecule has 1 aromatic heterocycles. The lowest BCUT2D eigenvalue weighted by molar-refractivity contribution is 1.09. The maximum atomic E-state index is 6.04. The van der Waals surface area contributed by atoms with E-state index in [1.165, 1.54) is 21.7 Å². The number of thiophene rings is 1. The molecule has 0 saturated carbocycles. The lowest BCUT2D eigenvalue weighted by Crippen LogP contribution is -2.02. The van der Waals surface area contributed by atoms with Crippen LogP contribution in [0.5, 0.6) is 0 Å². The molecule has 1 nitrogen and oxygen atoms in total. The summed E-state index contributed by atoms with van der Waals surface area (Å²) in [6, 6.07) is 8.49. The van der Waals surface area contributed by atoms with Gasteiger partial charge in [0.2, 0.25) is 0 Å². The average molecular weight is 345 g/mol. The Morgan fingerprint density at radius 1 is 1.39 bits per heavy atom. The Kier molecular flexibility index (Phi) is 4.71. The van der Waals surface area contributed by atoms with E-state index in [0.29, 0.717) is 0 Å². The summed E-state index contributed by atoms with van der Waals surface area (Å²) in [7, 11) is 0. The van der Waals surface area contributed by atoms with E-state index >= 15 is 0 Å². The van der Waals surface area contributed by atoms with Crippen LogP contribution in [0.4, 0.5) is 5.69 Å². The normalized spacial score (nSPS) is 10.7. The molecule has 2 aromatic rings. The second-order valence-corrected chi connectivity index (χ2v) is 6.74. The number of para-hydroxylation sites is 1. The molecule has 1 N–H and O–H groups in total. The molecule has 0 aliphatic rings. The van der Waals surface area contributed by atoms with Crippen LogP contribution in [-0.2, 0) is 13.0 Å². The van der Waals surface area contributed by atoms with Crippen LogP contribution in [0.15, 0.2) is 28.7 Å². The van der Waals surface area contributed by atoms with Gasteiger partial charge in [-0.05, 0) is 46.5 Å². The van der Waals surface area contributed by atoms with Gasteiger partial charge in [0.1, 0.15) is 4.34 Å². The van der Waals surface area contributed by atoms with Crippen LogP contribution in [0.3, 0.4) is 0 Å². The van der Waals surface area contributed by atoms with Crippen molar-refractivity contribution in [3.63, 3.8) is 0 Å². The summed E-state index contributed by atoms with van der Waals surface area (Å²) in [4.78, 5) is 1.23. The van der Waals surface area contributed by atoms with Crippen molar-refractivity contribution in [2.75, 3.05) is 5.32 Å². The largest absolute Gasteiger partial charge is 0.380 e.